The molecule has 3 aromatic rings. The summed E-state index contributed by atoms with van der Waals surface area (Å²) in [6.45, 7) is 0.808. The molecule has 2 aromatic heterocycles. The Bertz CT molecular complexity index is 866. The molecule has 0 saturated carbocycles. The van der Waals surface area contributed by atoms with Crippen LogP contribution in [0.5, 0.6) is 0 Å². The molecule has 0 unspecified atom stereocenters. The van der Waals surface area contributed by atoms with Gasteiger partial charge in [-0.1, -0.05) is 41.7 Å². The van der Waals surface area contributed by atoms with Gasteiger partial charge in [-0.3, -0.25) is 14.7 Å². The van der Waals surface area contributed by atoms with Crippen molar-refractivity contribution in [1.82, 2.24) is 15.2 Å². The number of pyridine rings is 1. The highest BCUT2D eigenvalue weighted by atomic mass is 32.1. The maximum atomic E-state index is 12.7. The van der Waals surface area contributed by atoms with E-state index in [9.17, 15) is 4.79 Å². The van der Waals surface area contributed by atoms with Gasteiger partial charge in [0.05, 0.1) is 13.2 Å². The molecule has 0 N–H and O–H groups in total. The number of amides is 1. The molecule has 0 spiro atoms. The van der Waals surface area contributed by atoms with Gasteiger partial charge in [-0.05, 0) is 23.8 Å². The normalized spacial score (nSPS) is 11.0. The van der Waals surface area contributed by atoms with Gasteiger partial charge in [0.25, 0.3) is 5.91 Å². The minimum Gasteiger partial charge on any atom is -0.383 e. The lowest BCUT2D eigenvalue weighted by molar-refractivity contribution is -0.114. The van der Waals surface area contributed by atoms with Crippen LogP contribution in [0.2, 0.25) is 0 Å². The number of aromatic nitrogens is 3. The summed E-state index contributed by atoms with van der Waals surface area (Å²) in [5, 5.41) is 9.61. The van der Waals surface area contributed by atoms with Gasteiger partial charge in [0.2, 0.25) is 5.13 Å². The van der Waals surface area contributed by atoms with Crippen molar-refractivity contribution in [1.29, 1.82) is 0 Å². The van der Waals surface area contributed by atoms with Crippen LogP contribution in [-0.4, -0.2) is 41.3 Å². The van der Waals surface area contributed by atoms with Gasteiger partial charge in [-0.2, -0.15) is 0 Å². The van der Waals surface area contributed by atoms with Gasteiger partial charge < -0.3 is 4.74 Å². The molecule has 26 heavy (non-hydrogen) atoms. The maximum absolute atomic E-state index is 12.7. The van der Waals surface area contributed by atoms with Crippen LogP contribution in [0.4, 0.5) is 5.13 Å². The van der Waals surface area contributed by atoms with Gasteiger partial charge >= 0.3 is 0 Å². The van der Waals surface area contributed by atoms with Crippen molar-refractivity contribution < 1.29 is 9.53 Å². The van der Waals surface area contributed by atoms with Crippen molar-refractivity contribution in [3.63, 3.8) is 0 Å². The second kappa shape index (κ2) is 8.98. The predicted molar refractivity (Wildman–Crippen MR) is 103 cm³/mol. The monoisotopic (exact) mass is 366 g/mol. The predicted octanol–water partition coefficient (Wildman–Crippen LogP) is 3.29. The Morgan fingerprint density at radius 1 is 1.19 bits per heavy atom. The minimum absolute atomic E-state index is 0.167. The van der Waals surface area contributed by atoms with Crippen LogP contribution in [0.25, 0.3) is 16.6 Å². The van der Waals surface area contributed by atoms with E-state index < -0.39 is 0 Å². The molecule has 3 rings (SSSR count). The van der Waals surface area contributed by atoms with E-state index in [0.29, 0.717) is 18.3 Å². The molecule has 0 bridgehead atoms. The highest BCUT2D eigenvalue weighted by Gasteiger charge is 2.18. The molecule has 0 aliphatic rings. The van der Waals surface area contributed by atoms with Gasteiger partial charge in [0.15, 0.2) is 5.01 Å². The van der Waals surface area contributed by atoms with Crippen molar-refractivity contribution in [3.05, 3.63) is 66.5 Å². The van der Waals surface area contributed by atoms with E-state index in [0.717, 1.165) is 16.1 Å². The van der Waals surface area contributed by atoms with E-state index in [1.807, 2.05) is 42.5 Å². The zero-order valence-corrected chi connectivity index (χ0v) is 15.1. The molecule has 132 valence electrons. The molecular weight excluding hydrogens is 348 g/mol. The molecule has 7 heteroatoms. The molecule has 0 aliphatic heterocycles. The van der Waals surface area contributed by atoms with E-state index >= 15 is 0 Å². The van der Waals surface area contributed by atoms with E-state index in [1.54, 1.807) is 30.5 Å². The van der Waals surface area contributed by atoms with Crippen LogP contribution in [-0.2, 0) is 9.53 Å². The third kappa shape index (κ3) is 4.59. The van der Waals surface area contributed by atoms with Crippen molar-refractivity contribution in [3.8, 4) is 10.6 Å². The van der Waals surface area contributed by atoms with Gasteiger partial charge in [-0.25, -0.2) is 0 Å². The molecular formula is C19H18N4O2S. The van der Waals surface area contributed by atoms with Crippen molar-refractivity contribution in [2.75, 3.05) is 25.2 Å². The Hall–Kier alpha value is -2.90. The van der Waals surface area contributed by atoms with Crippen molar-refractivity contribution in [2.45, 2.75) is 0 Å². The fraction of sp³-hybridized carbons (Fsp3) is 0.158. The first-order chi connectivity index (χ1) is 12.8. The number of carbonyl (C=O) groups excluding carboxylic acids is 1. The molecule has 0 radical (unpaired) electrons. The van der Waals surface area contributed by atoms with E-state index in [1.165, 1.54) is 17.4 Å². The molecule has 1 amide bonds. The number of carbonyl (C=O) groups is 1. The minimum atomic E-state index is -0.167. The zero-order chi connectivity index (χ0) is 18.2. The second-order valence-corrected chi connectivity index (χ2v) is 6.31. The van der Waals surface area contributed by atoms with Crippen LogP contribution in [0.1, 0.15) is 5.56 Å². The number of methoxy groups -OCH3 is 1. The third-order valence-electron chi connectivity index (χ3n) is 3.56. The van der Waals surface area contributed by atoms with Crippen molar-refractivity contribution in [2.24, 2.45) is 0 Å². The van der Waals surface area contributed by atoms with Crippen LogP contribution >= 0.6 is 11.3 Å². The molecule has 6 nitrogen and oxygen atoms in total. The maximum Gasteiger partial charge on any atom is 0.252 e. The SMILES string of the molecule is COCCN(C(=O)/C=C/c1ccccc1)c1nnc(-c2cccnc2)s1. The number of anilines is 1. The topological polar surface area (TPSA) is 68.2 Å². The van der Waals surface area contributed by atoms with Crippen LogP contribution in [0.15, 0.2) is 60.9 Å². The quantitative estimate of drug-likeness (QED) is 0.600. The lowest BCUT2D eigenvalue weighted by Crippen LogP contribution is -2.32. The van der Waals surface area contributed by atoms with E-state index in [-0.39, 0.29) is 5.91 Å². The number of nitrogens with zero attached hydrogens (tertiary/aromatic N) is 4. The lowest BCUT2D eigenvalue weighted by Gasteiger charge is -2.16. The van der Waals surface area contributed by atoms with E-state index in [2.05, 4.69) is 15.2 Å². The summed E-state index contributed by atoms with van der Waals surface area (Å²) in [6, 6.07) is 13.4. The fourth-order valence-electron chi connectivity index (χ4n) is 2.23. The average Bonchev–Trinajstić information content (AvgIpc) is 3.18. The van der Waals surface area contributed by atoms with Gasteiger partial charge in [-0.15, -0.1) is 10.2 Å². The Balaban J connectivity index is 1.80. The highest BCUT2D eigenvalue weighted by Crippen LogP contribution is 2.28. The Labute approximate surface area is 155 Å². The number of hydrogen-bond donors (Lipinski definition) is 0. The summed E-state index contributed by atoms with van der Waals surface area (Å²) in [5.74, 6) is -0.167. The first-order valence-corrected chi connectivity index (χ1v) is 8.87. The number of rotatable bonds is 7. The van der Waals surface area contributed by atoms with Gasteiger partial charge in [0, 0.05) is 31.1 Å². The highest BCUT2D eigenvalue weighted by molar-refractivity contribution is 7.18. The fourth-order valence-corrected chi connectivity index (χ4v) is 3.10. The summed E-state index contributed by atoms with van der Waals surface area (Å²) in [7, 11) is 1.60. The summed E-state index contributed by atoms with van der Waals surface area (Å²) >= 11 is 1.35. The van der Waals surface area contributed by atoms with E-state index in [4.69, 9.17) is 4.74 Å². The zero-order valence-electron chi connectivity index (χ0n) is 14.3. The first-order valence-electron chi connectivity index (χ1n) is 8.05. The summed E-state index contributed by atoms with van der Waals surface area (Å²) < 4.78 is 5.13. The van der Waals surface area contributed by atoms with Crippen LogP contribution < -0.4 is 4.90 Å². The number of ether oxygens (including phenoxy) is 1. The molecule has 2 heterocycles. The van der Waals surface area contributed by atoms with Crippen LogP contribution in [0.3, 0.4) is 0 Å². The Morgan fingerprint density at radius 3 is 2.77 bits per heavy atom. The number of hydrogen-bond acceptors (Lipinski definition) is 6. The summed E-state index contributed by atoms with van der Waals surface area (Å²) in [5.41, 5.74) is 1.83. The molecule has 0 atom stereocenters. The summed E-state index contributed by atoms with van der Waals surface area (Å²) in [6.07, 6.45) is 6.75. The summed E-state index contributed by atoms with van der Waals surface area (Å²) in [4.78, 5) is 18.3. The largest absolute Gasteiger partial charge is 0.383 e. The molecule has 0 aliphatic carbocycles. The Kier molecular flexibility index (Phi) is 6.19. The van der Waals surface area contributed by atoms with Crippen LogP contribution in [0, 0.1) is 0 Å². The molecule has 0 saturated heterocycles. The molecule has 1 aromatic carbocycles. The van der Waals surface area contributed by atoms with Gasteiger partial charge in [0.1, 0.15) is 0 Å². The lowest BCUT2D eigenvalue weighted by atomic mass is 10.2. The average molecular weight is 366 g/mol. The third-order valence-corrected chi connectivity index (χ3v) is 4.55. The smallest absolute Gasteiger partial charge is 0.252 e. The van der Waals surface area contributed by atoms with Crippen molar-refractivity contribution >= 4 is 28.5 Å². The Morgan fingerprint density at radius 2 is 2.04 bits per heavy atom. The number of benzene rings is 1. The molecule has 0 fully saturated rings. The second-order valence-electron chi connectivity index (χ2n) is 5.36. The first kappa shape index (κ1) is 17.9. The standard InChI is InChI=1S/C19H18N4O2S/c1-25-13-12-23(17(24)10-9-15-6-3-2-4-7-15)19-22-21-18(26-19)16-8-5-11-20-14-16/h2-11,14H,12-13H2,1H3/b10-9+.